The normalized spacial score (nSPS) is 20.8. The molecule has 0 amide bonds. The van der Waals surface area contributed by atoms with Crippen molar-refractivity contribution in [2.75, 3.05) is 26.8 Å². The van der Waals surface area contributed by atoms with E-state index in [0.29, 0.717) is 5.92 Å². The summed E-state index contributed by atoms with van der Waals surface area (Å²) in [6, 6.07) is 8.42. The van der Waals surface area contributed by atoms with E-state index in [1.165, 1.54) is 18.4 Å². The van der Waals surface area contributed by atoms with Crippen molar-refractivity contribution in [1.29, 1.82) is 0 Å². The van der Waals surface area contributed by atoms with Crippen LogP contribution in [-0.2, 0) is 4.74 Å². The summed E-state index contributed by atoms with van der Waals surface area (Å²) in [5, 5.41) is 0.780. The monoisotopic (exact) mass is 296 g/mol. The first kappa shape index (κ1) is 15.8. The number of hydrogen-bond donors (Lipinski definition) is 1. The number of halogens is 1. The molecule has 1 aromatic carbocycles. The number of piperidine rings is 1. The van der Waals surface area contributed by atoms with Gasteiger partial charge in [0.2, 0.25) is 0 Å². The number of ether oxygens (including phenoxy) is 1. The van der Waals surface area contributed by atoms with Crippen molar-refractivity contribution in [3.8, 4) is 0 Å². The highest BCUT2D eigenvalue weighted by molar-refractivity contribution is 6.30. The predicted molar refractivity (Wildman–Crippen MR) is 84.0 cm³/mol. The summed E-state index contributed by atoms with van der Waals surface area (Å²) in [5.41, 5.74) is 7.45. The highest BCUT2D eigenvalue weighted by Gasteiger charge is 2.28. The van der Waals surface area contributed by atoms with Crippen LogP contribution in [0.25, 0.3) is 0 Å². The van der Waals surface area contributed by atoms with Gasteiger partial charge in [0.1, 0.15) is 0 Å². The van der Waals surface area contributed by atoms with Gasteiger partial charge in [0.15, 0.2) is 0 Å². The van der Waals surface area contributed by atoms with E-state index in [9.17, 15) is 0 Å². The molecule has 112 valence electrons. The maximum absolute atomic E-state index is 6.23. The summed E-state index contributed by atoms with van der Waals surface area (Å²) in [4.78, 5) is 2.49. The van der Waals surface area contributed by atoms with Gasteiger partial charge < -0.3 is 10.5 Å². The quantitative estimate of drug-likeness (QED) is 0.907. The molecule has 2 unspecified atom stereocenters. The molecule has 0 aromatic heterocycles. The van der Waals surface area contributed by atoms with Gasteiger partial charge in [0, 0.05) is 30.8 Å². The van der Waals surface area contributed by atoms with E-state index >= 15 is 0 Å². The first-order chi connectivity index (χ1) is 9.61. The molecule has 1 aliphatic heterocycles. The second-order valence-corrected chi connectivity index (χ2v) is 6.23. The van der Waals surface area contributed by atoms with Crippen LogP contribution in [-0.4, -0.2) is 37.7 Å². The molecule has 0 bridgehead atoms. The molecule has 1 saturated heterocycles. The van der Waals surface area contributed by atoms with Crippen molar-refractivity contribution in [2.24, 2.45) is 11.7 Å². The van der Waals surface area contributed by atoms with Gasteiger partial charge in [-0.05, 0) is 56.5 Å². The minimum Gasteiger partial charge on any atom is -0.384 e. The third-order valence-corrected chi connectivity index (χ3v) is 4.37. The molecule has 1 aromatic rings. The fraction of sp³-hybridized carbons (Fsp3) is 0.625. The molecular formula is C16H25ClN2O. The van der Waals surface area contributed by atoms with Crippen LogP contribution in [0, 0.1) is 5.92 Å². The van der Waals surface area contributed by atoms with Gasteiger partial charge in [-0.15, -0.1) is 0 Å². The molecule has 0 saturated carbocycles. The van der Waals surface area contributed by atoms with Gasteiger partial charge in [0.05, 0.1) is 0 Å². The molecule has 2 N–H and O–H groups in total. The lowest BCUT2D eigenvalue weighted by Gasteiger charge is -2.39. The Morgan fingerprint density at radius 3 is 2.65 bits per heavy atom. The fourth-order valence-corrected chi connectivity index (χ4v) is 3.37. The third-order valence-electron chi connectivity index (χ3n) is 4.13. The molecule has 1 heterocycles. The summed E-state index contributed by atoms with van der Waals surface area (Å²) >= 11 is 6.12. The molecule has 1 aliphatic rings. The molecule has 3 nitrogen and oxygen atoms in total. The number of nitrogens with zero attached hydrogens (tertiary/aromatic N) is 1. The van der Waals surface area contributed by atoms with Crippen LogP contribution in [0.3, 0.4) is 0 Å². The van der Waals surface area contributed by atoms with Crippen LogP contribution in [0.4, 0.5) is 0 Å². The Morgan fingerprint density at radius 2 is 2.10 bits per heavy atom. The van der Waals surface area contributed by atoms with Crippen LogP contribution in [0.2, 0.25) is 5.02 Å². The first-order valence-corrected chi connectivity index (χ1v) is 7.73. The Bertz CT molecular complexity index is 417. The number of benzene rings is 1. The van der Waals surface area contributed by atoms with Crippen molar-refractivity contribution in [2.45, 2.75) is 31.8 Å². The summed E-state index contributed by atoms with van der Waals surface area (Å²) in [5.74, 6) is 0.685. The Kier molecular flexibility index (Phi) is 5.85. The zero-order valence-corrected chi connectivity index (χ0v) is 13.1. The number of rotatable bonds is 5. The van der Waals surface area contributed by atoms with Crippen molar-refractivity contribution >= 4 is 11.6 Å². The van der Waals surface area contributed by atoms with E-state index < -0.39 is 0 Å². The SMILES string of the molecule is COCC1CCN(C(c2cccc(Cl)c2)C(C)N)CC1. The maximum atomic E-state index is 6.23. The van der Waals surface area contributed by atoms with Crippen LogP contribution < -0.4 is 5.73 Å². The number of hydrogen-bond acceptors (Lipinski definition) is 3. The van der Waals surface area contributed by atoms with Crippen LogP contribution in [0.1, 0.15) is 31.4 Å². The topological polar surface area (TPSA) is 38.5 Å². The largest absolute Gasteiger partial charge is 0.384 e. The van der Waals surface area contributed by atoms with E-state index in [1.807, 2.05) is 18.2 Å². The second kappa shape index (κ2) is 7.41. The molecular weight excluding hydrogens is 272 g/mol. The number of nitrogens with two attached hydrogens (primary N) is 1. The van der Waals surface area contributed by atoms with E-state index in [0.717, 1.165) is 24.7 Å². The van der Waals surface area contributed by atoms with E-state index in [4.69, 9.17) is 22.1 Å². The van der Waals surface area contributed by atoms with Gasteiger partial charge in [-0.2, -0.15) is 0 Å². The molecule has 0 spiro atoms. The zero-order valence-electron chi connectivity index (χ0n) is 12.4. The molecule has 2 rings (SSSR count). The Morgan fingerprint density at radius 1 is 1.40 bits per heavy atom. The number of methoxy groups -OCH3 is 1. The smallest absolute Gasteiger partial charge is 0.0497 e. The van der Waals surface area contributed by atoms with E-state index in [1.54, 1.807) is 7.11 Å². The predicted octanol–water partition coefficient (Wildman–Crippen LogP) is 3.09. The van der Waals surface area contributed by atoms with E-state index in [2.05, 4.69) is 17.9 Å². The molecule has 0 aliphatic carbocycles. The van der Waals surface area contributed by atoms with Crippen molar-refractivity contribution in [3.05, 3.63) is 34.9 Å². The van der Waals surface area contributed by atoms with Gasteiger partial charge in [-0.1, -0.05) is 23.7 Å². The Hall–Kier alpha value is -0.610. The molecule has 2 atom stereocenters. The highest BCUT2D eigenvalue weighted by Crippen LogP contribution is 2.30. The van der Waals surface area contributed by atoms with Gasteiger partial charge >= 0.3 is 0 Å². The second-order valence-electron chi connectivity index (χ2n) is 5.79. The Labute approximate surface area is 127 Å². The minimum absolute atomic E-state index is 0.0902. The molecule has 20 heavy (non-hydrogen) atoms. The highest BCUT2D eigenvalue weighted by atomic mass is 35.5. The van der Waals surface area contributed by atoms with Crippen molar-refractivity contribution < 1.29 is 4.74 Å². The van der Waals surface area contributed by atoms with Crippen LogP contribution >= 0.6 is 11.6 Å². The first-order valence-electron chi connectivity index (χ1n) is 7.36. The average Bonchev–Trinajstić information content (AvgIpc) is 2.41. The van der Waals surface area contributed by atoms with Crippen LogP contribution in [0.15, 0.2) is 24.3 Å². The lowest BCUT2D eigenvalue weighted by Crippen LogP contribution is -2.44. The van der Waals surface area contributed by atoms with Gasteiger partial charge in [-0.3, -0.25) is 4.90 Å². The minimum atomic E-state index is 0.0902. The van der Waals surface area contributed by atoms with Gasteiger partial charge in [0.25, 0.3) is 0 Å². The lowest BCUT2D eigenvalue weighted by atomic mass is 9.92. The van der Waals surface area contributed by atoms with Gasteiger partial charge in [-0.25, -0.2) is 0 Å². The standard InChI is InChI=1S/C16H25ClN2O/c1-12(18)16(14-4-3-5-15(17)10-14)19-8-6-13(7-9-19)11-20-2/h3-5,10,12-13,16H,6-9,11,18H2,1-2H3. The summed E-state index contributed by atoms with van der Waals surface area (Å²) in [6.45, 7) is 5.10. The molecule has 4 heteroatoms. The summed E-state index contributed by atoms with van der Waals surface area (Å²) in [7, 11) is 1.78. The fourth-order valence-electron chi connectivity index (χ4n) is 3.17. The van der Waals surface area contributed by atoms with Crippen molar-refractivity contribution in [3.63, 3.8) is 0 Å². The van der Waals surface area contributed by atoms with E-state index in [-0.39, 0.29) is 12.1 Å². The van der Waals surface area contributed by atoms with Crippen molar-refractivity contribution in [1.82, 2.24) is 4.90 Å². The summed E-state index contributed by atoms with van der Waals surface area (Å²) in [6.07, 6.45) is 2.36. The maximum Gasteiger partial charge on any atom is 0.0497 e. The lowest BCUT2D eigenvalue weighted by molar-refractivity contribution is 0.0736. The third kappa shape index (κ3) is 3.95. The average molecular weight is 297 g/mol. The molecule has 0 radical (unpaired) electrons. The summed E-state index contributed by atoms with van der Waals surface area (Å²) < 4.78 is 5.26. The zero-order chi connectivity index (χ0) is 14.5. The molecule has 1 fully saturated rings. The van der Waals surface area contributed by atoms with Crippen LogP contribution in [0.5, 0.6) is 0 Å². The number of likely N-dealkylation sites (tertiary alicyclic amines) is 1. The Balaban J connectivity index is 2.07.